The van der Waals surface area contributed by atoms with Crippen molar-refractivity contribution in [1.82, 2.24) is 0 Å². The highest BCUT2D eigenvalue weighted by molar-refractivity contribution is 6.15. The summed E-state index contributed by atoms with van der Waals surface area (Å²) >= 11 is 0. The van der Waals surface area contributed by atoms with Gasteiger partial charge in [0.05, 0.1) is 14.2 Å². The van der Waals surface area contributed by atoms with Crippen molar-refractivity contribution in [3.05, 3.63) is 58.9 Å². The maximum atomic E-state index is 13.2. The van der Waals surface area contributed by atoms with E-state index in [1.807, 2.05) is 19.1 Å². The van der Waals surface area contributed by atoms with E-state index in [0.717, 1.165) is 22.4 Å². The van der Waals surface area contributed by atoms with Gasteiger partial charge in [0.15, 0.2) is 11.5 Å². The summed E-state index contributed by atoms with van der Waals surface area (Å²) in [5, 5.41) is 8.62. The van der Waals surface area contributed by atoms with E-state index in [-0.39, 0.29) is 5.82 Å². The molecule has 3 rings (SSSR count). The molecule has 0 saturated carbocycles. The molecule has 23 heavy (non-hydrogen) atoms. The number of benzene rings is 2. The molecule has 1 aliphatic heterocycles. The van der Waals surface area contributed by atoms with Crippen molar-refractivity contribution in [2.45, 2.75) is 13.3 Å². The van der Waals surface area contributed by atoms with Gasteiger partial charge in [-0.05, 0) is 48.9 Å². The molecule has 0 saturated heterocycles. The van der Waals surface area contributed by atoms with Crippen molar-refractivity contribution in [2.24, 2.45) is 10.2 Å². The number of ether oxygens (including phenoxy) is 2. The van der Waals surface area contributed by atoms with Crippen LogP contribution in [0.5, 0.6) is 11.5 Å². The molecule has 0 spiro atoms. The Morgan fingerprint density at radius 2 is 1.61 bits per heavy atom. The van der Waals surface area contributed by atoms with E-state index in [0.29, 0.717) is 23.6 Å². The highest BCUT2D eigenvalue weighted by Crippen LogP contribution is 2.33. The average Bonchev–Trinajstić information content (AvgIpc) is 2.72. The van der Waals surface area contributed by atoms with Gasteiger partial charge in [0.25, 0.3) is 0 Å². The Bertz CT molecular complexity index is 795. The van der Waals surface area contributed by atoms with Crippen LogP contribution in [0.1, 0.15) is 23.6 Å². The van der Waals surface area contributed by atoms with Crippen LogP contribution in [-0.2, 0) is 6.42 Å². The van der Waals surface area contributed by atoms with Crippen LogP contribution in [0.15, 0.2) is 46.6 Å². The number of hydrogen-bond acceptors (Lipinski definition) is 4. The highest BCUT2D eigenvalue weighted by atomic mass is 19.1. The standard InChI is InChI=1S/C18H17FN2O2/c1-11-8-13-9-16(22-2)17(23-3)10-15(13)18(21-20-11)12-4-6-14(19)7-5-12/h4-7,9-10H,8H2,1-3H3. The lowest BCUT2D eigenvalue weighted by Crippen LogP contribution is -2.08. The van der Waals surface area contributed by atoms with Gasteiger partial charge in [0.2, 0.25) is 0 Å². The molecular formula is C18H17FN2O2. The molecular weight excluding hydrogens is 295 g/mol. The van der Waals surface area contributed by atoms with Gasteiger partial charge in [0.1, 0.15) is 11.5 Å². The van der Waals surface area contributed by atoms with E-state index < -0.39 is 0 Å². The Morgan fingerprint density at radius 1 is 0.957 bits per heavy atom. The maximum Gasteiger partial charge on any atom is 0.161 e. The lowest BCUT2D eigenvalue weighted by molar-refractivity contribution is 0.354. The lowest BCUT2D eigenvalue weighted by Gasteiger charge is -2.14. The minimum Gasteiger partial charge on any atom is -0.493 e. The van der Waals surface area contributed by atoms with Crippen LogP contribution in [0.4, 0.5) is 4.39 Å². The van der Waals surface area contributed by atoms with E-state index >= 15 is 0 Å². The third-order valence-corrected chi connectivity index (χ3v) is 3.75. The van der Waals surface area contributed by atoms with Gasteiger partial charge in [-0.25, -0.2) is 4.39 Å². The van der Waals surface area contributed by atoms with Crippen LogP contribution in [0, 0.1) is 5.82 Å². The van der Waals surface area contributed by atoms with Crippen LogP contribution < -0.4 is 9.47 Å². The Hall–Kier alpha value is -2.69. The molecule has 0 fully saturated rings. The van der Waals surface area contributed by atoms with Gasteiger partial charge < -0.3 is 9.47 Å². The zero-order chi connectivity index (χ0) is 16.4. The van der Waals surface area contributed by atoms with Crippen molar-refractivity contribution in [3.63, 3.8) is 0 Å². The first-order chi connectivity index (χ1) is 11.1. The summed E-state index contributed by atoms with van der Waals surface area (Å²) in [4.78, 5) is 0. The molecule has 0 atom stereocenters. The molecule has 0 bridgehead atoms. The number of methoxy groups -OCH3 is 2. The molecule has 0 aromatic heterocycles. The largest absolute Gasteiger partial charge is 0.493 e. The fourth-order valence-corrected chi connectivity index (χ4v) is 2.61. The normalized spacial score (nSPS) is 13.6. The second-order valence-electron chi connectivity index (χ2n) is 5.33. The predicted octanol–water partition coefficient (Wildman–Crippen LogP) is 3.61. The van der Waals surface area contributed by atoms with Crippen LogP contribution >= 0.6 is 0 Å². The minimum absolute atomic E-state index is 0.282. The summed E-state index contributed by atoms with van der Waals surface area (Å²) in [5.74, 6) is 1.01. The van der Waals surface area contributed by atoms with Gasteiger partial charge in [-0.15, -0.1) is 5.10 Å². The third kappa shape index (κ3) is 2.95. The smallest absolute Gasteiger partial charge is 0.161 e. The predicted molar refractivity (Wildman–Crippen MR) is 88.4 cm³/mol. The monoisotopic (exact) mass is 312 g/mol. The summed E-state index contributed by atoms with van der Waals surface area (Å²) in [5.41, 5.74) is 4.35. The summed E-state index contributed by atoms with van der Waals surface area (Å²) in [6, 6.07) is 10.1. The molecule has 0 aliphatic carbocycles. The van der Waals surface area contributed by atoms with Crippen LogP contribution in [-0.4, -0.2) is 25.6 Å². The summed E-state index contributed by atoms with van der Waals surface area (Å²) < 4.78 is 24.0. The van der Waals surface area contributed by atoms with E-state index in [1.54, 1.807) is 26.4 Å². The molecule has 5 heteroatoms. The fourth-order valence-electron chi connectivity index (χ4n) is 2.61. The summed E-state index contributed by atoms with van der Waals surface area (Å²) in [7, 11) is 3.20. The van der Waals surface area contributed by atoms with Crippen LogP contribution in [0.25, 0.3) is 0 Å². The second kappa shape index (κ2) is 6.20. The second-order valence-corrected chi connectivity index (χ2v) is 5.33. The molecule has 1 aliphatic rings. The van der Waals surface area contributed by atoms with Gasteiger partial charge in [-0.3, -0.25) is 0 Å². The molecule has 0 N–H and O–H groups in total. The minimum atomic E-state index is -0.282. The molecule has 0 unspecified atom stereocenters. The molecule has 2 aromatic rings. The molecule has 0 radical (unpaired) electrons. The van der Waals surface area contributed by atoms with Gasteiger partial charge in [-0.1, -0.05) is 0 Å². The van der Waals surface area contributed by atoms with E-state index in [1.165, 1.54) is 12.1 Å². The third-order valence-electron chi connectivity index (χ3n) is 3.75. The summed E-state index contributed by atoms with van der Waals surface area (Å²) in [6.07, 6.45) is 0.671. The first kappa shape index (κ1) is 15.2. The van der Waals surface area contributed by atoms with Crippen molar-refractivity contribution < 1.29 is 13.9 Å². The Morgan fingerprint density at radius 3 is 2.26 bits per heavy atom. The zero-order valence-corrected chi connectivity index (χ0v) is 13.3. The Balaban J connectivity index is 2.20. The Kier molecular flexibility index (Phi) is 4.10. The highest BCUT2D eigenvalue weighted by Gasteiger charge is 2.19. The average molecular weight is 312 g/mol. The number of nitrogens with zero attached hydrogens (tertiary/aromatic N) is 2. The summed E-state index contributed by atoms with van der Waals surface area (Å²) in [6.45, 7) is 1.93. The first-order valence-corrected chi connectivity index (χ1v) is 7.24. The van der Waals surface area contributed by atoms with Crippen LogP contribution in [0.3, 0.4) is 0 Å². The number of fused-ring (bicyclic) bond motifs is 1. The maximum absolute atomic E-state index is 13.2. The Labute approximate surface area is 134 Å². The lowest BCUT2D eigenvalue weighted by atomic mass is 9.94. The van der Waals surface area contributed by atoms with Crippen molar-refractivity contribution in [3.8, 4) is 11.5 Å². The zero-order valence-electron chi connectivity index (χ0n) is 13.3. The van der Waals surface area contributed by atoms with Crippen molar-refractivity contribution >= 4 is 11.4 Å². The number of rotatable bonds is 3. The van der Waals surface area contributed by atoms with Gasteiger partial charge >= 0.3 is 0 Å². The molecule has 1 heterocycles. The molecule has 0 amide bonds. The van der Waals surface area contributed by atoms with Crippen LogP contribution in [0.2, 0.25) is 0 Å². The first-order valence-electron chi connectivity index (χ1n) is 7.24. The quantitative estimate of drug-likeness (QED) is 0.869. The number of halogens is 1. The molecule has 118 valence electrons. The van der Waals surface area contributed by atoms with E-state index in [2.05, 4.69) is 10.2 Å². The SMILES string of the molecule is COc1cc2c(cc1OC)C(c1ccc(F)cc1)=NN=C(C)C2. The topological polar surface area (TPSA) is 43.2 Å². The van der Waals surface area contributed by atoms with E-state index in [9.17, 15) is 4.39 Å². The van der Waals surface area contributed by atoms with Gasteiger partial charge in [0, 0.05) is 23.3 Å². The number of hydrogen-bond donors (Lipinski definition) is 0. The van der Waals surface area contributed by atoms with Gasteiger partial charge in [-0.2, -0.15) is 5.10 Å². The molecule has 4 nitrogen and oxygen atoms in total. The van der Waals surface area contributed by atoms with Crippen molar-refractivity contribution in [1.29, 1.82) is 0 Å². The fraction of sp³-hybridized carbons (Fsp3) is 0.222. The van der Waals surface area contributed by atoms with Crippen molar-refractivity contribution in [2.75, 3.05) is 14.2 Å². The molecule has 2 aromatic carbocycles. The van der Waals surface area contributed by atoms with E-state index in [4.69, 9.17) is 9.47 Å².